The minimum absolute atomic E-state index is 0.133. The quantitative estimate of drug-likeness (QED) is 0.215. The lowest BCUT2D eigenvalue weighted by Gasteiger charge is -2.21. The minimum atomic E-state index is -3.88. The Labute approximate surface area is 223 Å². The number of nitrogens with zero attached hydrogens (tertiary/aromatic N) is 2. The number of rotatable bonds is 12. The summed E-state index contributed by atoms with van der Waals surface area (Å²) in [7, 11) is -3.88. The Balaban J connectivity index is 1.42. The van der Waals surface area contributed by atoms with Crippen LogP contribution < -0.4 is 10.2 Å². The molecule has 0 spiro atoms. The lowest BCUT2D eigenvalue weighted by Crippen LogP contribution is -2.40. The maximum atomic E-state index is 13.3. The number of ether oxygens (including phenoxy) is 1. The SMILES string of the molecule is O=C(CN(CCc1ccccc1)S(=O)(=O)c1ccccc1)N/N=C/c1ccccc1OCc1ccccc1. The van der Waals surface area contributed by atoms with Crippen LogP contribution in [0.3, 0.4) is 0 Å². The summed E-state index contributed by atoms with van der Waals surface area (Å²) < 4.78 is 33.7. The van der Waals surface area contributed by atoms with Gasteiger partial charge in [-0.15, -0.1) is 0 Å². The molecule has 194 valence electrons. The van der Waals surface area contributed by atoms with Crippen molar-refractivity contribution in [3.8, 4) is 5.75 Å². The Morgan fingerprint density at radius 3 is 2.05 bits per heavy atom. The van der Waals surface area contributed by atoms with Gasteiger partial charge in [0, 0.05) is 12.1 Å². The number of sulfonamides is 1. The molecule has 0 fully saturated rings. The molecule has 8 heteroatoms. The molecule has 0 saturated carbocycles. The first kappa shape index (κ1) is 26.8. The van der Waals surface area contributed by atoms with Crippen molar-refractivity contribution in [1.29, 1.82) is 0 Å². The van der Waals surface area contributed by atoms with E-state index < -0.39 is 15.9 Å². The van der Waals surface area contributed by atoms with Crippen molar-refractivity contribution >= 4 is 22.1 Å². The molecule has 0 aliphatic carbocycles. The predicted molar refractivity (Wildman–Crippen MR) is 148 cm³/mol. The van der Waals surface area contributed by atoms with Gasteiger partial charge in [0.05, 0.1) is 17.7 Å². The highest BCUT2D eigenvalue weighted by Gasteiger charge is 2.26. The standard InChI is InChI=1S/C30H29N3O4S/c34-30(32-31-22-27-16-10-11-19-29(27)37-24-26-14-6-2-7-15-26)23-33(21-20-25-12-4-1-5-13-25)38(35,36)28-17-8-3-9-18-28/h1-19,22H,20-21,23-24H2,(H,32,34)/b31-22+. The van der Waals surface area contributed by atoms with Crippen LogP contribution in [-0.4, -0.2) is 37.9 Å². The first-order valence-corrected chi connectivity index (χ1v) is 13.6. The third kappa shape index (κ3) is 7.61. The van der Waals surface area contributed by atoms with Gasteiger partial charge >= 0.3 is 0 Å². The second-order valence-corrected chi connectivity index (χ2v) is 10.4. The average molecular weight is 528 g/mol. The Morgan fingerprint density at radius 2 is 1.37 bits per heavy atom. The van der Waals surface area contributed by atoms with Gasteiger partial charge in [-0.2, -0.15) is 9.41 Å². The first-order valence-electron chi connectivity index (χ1n) is 12.2. The molecule has 4 aromatic carbocycles. The second-order valence-electron chi connectivity index (χ2n) is 8.49. The Kier molecular flexibility index (Phi) is 9.39. The van der Waals surface area contributed by atoms with Gasteiger partial charge in [-0.05, 0) is 41.8 Å². The average Bonchev–Trinajstić information content (AvgIpc) is 2.96. The summed E-state index contributed by atoms with van der Waals surface area (Å²) in [6, 6.07) is 34.8. The minimum Gasteiger partial charge on any atom is -0.488 e. The molecule has 1 N–H and O–H groups in total. The molecular weight excluding hydrogens is 498 g/mol. The molecule has 0 unspecified atom stereocenters. The van der Waals surface area contributed by atoms with Crippen LogP contribution >= 0.6 is 0 Å². The van der Waals surface area contributed by atoms with E-state index in [1.807, 2.05) is 84.9 Å². The Hall–Kier alpha value is -4.27. The monoisotopic (exact) mass is 527 g/mol. The van der Waals surface area contributed by atoms with Gasteiger partial charge in [-0.25, -0.2) is 13.8 Å². The summed E-state index contributed by atoms with van der Waals surface area (Å²) in [5, 5.41) is 4.06. The topological polar surface area (TPSA) is 88.1 Å². The van der Waals surface area contributed by atoms with E-state index in [-0.39, 0.29) is 18.0 Å². The highest BCUT2D eigenvalue weighted by atomic mass is 32.2. The molecule has 0 aliphatic rings. The highest BCUT2D eigenvalue weighted by molar-refractivity contribution is 7.89. The molecule has 0 radical (unpaired) electrons. The van der Waals surface area contributed by atoms with E-state index in [9.17, 15) is 13.2 Å². The van der Waals surface area contributed by atoms with Crippen LogP contribution in [0, 0.1) is 0 Å². The van der Waals surface area contributed by atoms with E-state index >= 15 is 0 Å². The highest BCUT2D eigenvalue weighted by Crippen LogP contribution is 2.18. The largest absolute Gasteiger partial charge is 0.488 e. The molecule has 0 heterocycles. The molecule has 1 amide bonds. The lowest BCUT2D eigenvalue weighted by molar-refractivity contribution is -0.121. The molecule has 0 bridgehead atoms. The number of benzene rings is 4. The van der Waals surface area contributed by atoms with Crippen molar-refractivity contribution in [2.45, 2.75) is 17.9 Å². The van der Waals surface area contributed by atoms with E-state index in [1.54, 1.807) is 18.2 Å². The summed E-state index contributed by atoms with van der Waals surface area (Å²) in [6.07, 6.45) is 1.95. The molecule has 0 aliphatic heterocycles. The van der Waals surface area contributed by atoms with Crippen molar-refractivity contribution in [3.63, 3.8) is 0 Å². The van der Waals surface area contributed by atoms with Gasteiger partial charge in [0.15, 0.2) is 0 Å². The van der Waals surface area contributed by atoms with Crippen LogP contribution in [0.4, 0.5) is 0 Å². The predicted octanol–water partition coefficient (Wildman–Crippen LogP) is 4.65. The van der Waals surface area contributed by atoms with Crippen molar-refractivity contribution in [2.24, 2.45) is 5.10 Å². The summed E-state index contributed by atoms with van der Waals surface area (Å²) in [4.78, 5) is 12.9. The van der Waals surface area contributed by atoms with Crippen molar-refractivity contribution in [3.05, 3.63) is 132 Å². The number of carbonyl (C=O) groups excluding carboxylic acids is 1. The van der Waals surface area contributed by atoms with E-state index in [0.717, 1.165) is 11.1 Å². The fraction of sp³-hybridized carbons (Fsp3) is 0.133. The van der Waals surface area contributed by atoms with E-state index in [1.165, 1.54) is 22.7 Å². The zero-order chi connectivity index (χ0) is 26.6. The van der Waals surface area contributed by atoms with Crippen molar-refractivity contribution in [1.82, 2.24) is 9.73 Å². The molecule has 0 atom stereocenters. The zero-order valence-corrected chi connectivity index (χ0v) is 21.6. The van der Waals surface area contributed by atoms with Gasteiger partial charge in [0.1, 0.15) is 12.4 Å². The van der Waals surface area contributed by atoms with Crippen LogP contribution in [-0.2, 0) is 27.8 Å². The Bertz CT molecular complexity index is 1440. The zero-order valence-electron chi connectivity index (χ0n) is 20.8. The summed E-state index contributed by atoms with van der Waals surface area (Å²) in [5.41, 5.74) is 5.14. The molecule has 38 heavy (non-hydrogen) atoms. The summed E-state index contributed by atoms with van der Waals surface area (Å²) in [5.74, 6) is 0.0713. The molecule has 0 aromatic heterocycles. The summed E-state index contributed by atoms with van der Waals surface area (Å²) in [6.45, 7) is 0.174. The summed E-state index contributed by atoms with van der Waals surface area (Å²) >= 11 is 0. The third-order valence-electron chi connectivity index (χ3n) is 5.74. The van der Waals surface area contributed by atoms with E-state index in [0.29, 0.717) is 24.3 Å². The fourth-order valence-electron chi connectivity index (χ4n) is 3.75. The number of amides is 1. The second kappa shape index (κ2) is 13.3. The number of carbonyl (C=O) groups is 1. The number of hydrazone groups is 1. The van der Waals surface area contributed by atoms with Crippen LogP contribution in [0.25, 0.3) is 0 Å². The maximum absolute atomic E-state index is 13.3. The van der Waals surface area contributed by atoms with Gasteiger partial charge in [-0.1, -0.05) is 91.0 Å². The van der Waals surface area contributed by atoms with E-state index in [4.69, 9.17) is 4.74 Å². The number of nitrogens with one attached hydrogen (secondary N) is 1. The smallest absolute Gasteiger partial charge is 0.255 e. The van der Waals surface area contributed by atoms with Crippen LogP contribution in [0.1, 0.15) is 16.7 Å². The van der Waals surface area contributed by atoms with E-state index in [2.05, 4.69) is 10.5 Å². The number of para-hydroxylation sites is 1. The van der Waals surface area contributed by atoms with Crippen molar-refractivity contribution in [2.75, 3.05) is 13.1 Å². The molecule has 4 rings (SSSR count). The molecule has 0 saturated heterocycles. The van der Waals surface area contributed by atoms with Crippen LogP contribution in [0.5, 0.6) is 5.75 Å². The molecule has 4 aromatic rings. The molecular formula is C30H29N3O4S. The first-order chi connectivity index (χ1) is 18.5. The fourth-order valence-corrected chi connectivity index (χ4v) is 5.17. The van der Waals surface area contributed by atoms with Crippen LogP contribution in [0.2, 0.25) is 0 Å². The van der Waals surface area contributed by atoms with Crippen molar-refractivity contribution < 1.29 is 17.9 Å². The van der Waals surface area contributed by atoms with Gasteiger partial charge < -0.3 is 4.74 Å². The molecule has 7 nitrogen and oxygen atoms in total. The normalized spacial score (nSPS) is 11.5. The lowest BCUT2D eigenvalue weighted by atomic mass is 10.1. The number of hydrogen-bond acceptors (Lipinski definition) is 5. The van der Waals surface area contributed by atoms with Gasteiger partial charge in [0.2, 0.25) is 10.0 Å². The maximum Gasteiger partial charge on any atom is 0.255 e. The Morgan fingerprint density at radius 1 is 0.789 bits per heavy atom. The number of hydrogen-bond donors (Lipinski definition) is 1. The van der Waals surface area contributed by atoms with Gasteiger partial charge in [0.25, 0.3) is 5.91 Å². The third-order valence-corrected chi connectivity index (χ3v) is 7.60. The van der Waals surface area contributed by atoms with Gasteiger partial charge in [-0.3, -0.25) is 4.79 Å². The van der Waals surface area contributed by atoms with Crippen LogP contribution in [0.15, 0.2) is 125 Å².